The van der Waals surface area contributed by atoms with E-state index in [1.807, 2.05) is 0 Å². The number of rotatable bonds is 2. The summed E-state index contributed by atoms with van der Waals surface area (Å²) < 4.78 is 0. The van der Waals surface area contributed by atoms with Crippen LogP contribution in [0.2, 0.25) is 0 Å². The first kappa shape index (κ1) is 28.6. The van der Waals surface area contributed by atoms with Crippen LogP contribution in [0.3, 0.4) is 0 Å². The third kappa shape index (κ3) is 6.80. The number of fused-ring (bicyclic) bond motifs is 2. The van der Waals surface area contributed by atoms with Gasteiger partial charge in [0, 0.05) is 0 Å². The van der Waals surface area contributed by atoms with Crippen LogP contribution in [0.25, 0.3) is 21.5 Å². The van der Waals surface area contributed by atoms with E-state index in [1.165, 1.54) is 43.8 Å². The van der Waals surface area contributed by atoms with Crippen molar-refractivity contribution in [3.63, 3.8) is 0 Å². The van der Waals surface area contributed by atoms with Crippen molar-refractivity contribution < 1.29 is 19.2 Å². The van der Waals surface area contributed by atoms with E-state index in [-0.39, 0.29) is 14.9 Å². The van der Waals surface area contributed by atoms with Gasteiger partial charge in [0.1, 0.15) is 0 Å². The van der Waals surface area contributed by atoms with Gasteiger partial charge < -0.3 is 14.9 Å². The molecule has 0 bridgehead atoms. The van der Waals surface area contributed by atoms with Gasteiger partial charge in [-0.3, -0.25) is 0 Å². The van der Waals surface area contributed by atoms with Crippen molar-refractivity contribution in [2.75, 3.05) is 0 Å². The van der Waals surface area contributed by atoms with Crippen LogP contribution in [0, 0.1) is 28.7 Å². The summed E-state index contributed by atoms with van der Waals surface area (Å²) in [5, 5.41) is 5.61. The molecule has 0 spiro atoms. The van der Waals surface area contributed by atoms with Crippen LogP contribution in [-0.4, -0.2) is 7.63 Å². The molecule has 0 nitrogen and oxygen atoms in total. The molecule has 0 aromatic heterocycles. The molecule has 0 fully saturated rings. The Morgan fingerprint density at radius 2 is 1.00 bits per heavy atom. The number of hydrogen-bond donors (Lipinski definition) is 0. The Bertz CT molecular complexity index is 949. The molecule has 4 aromatic rings. The van der Waals surface area contributed by atoms with E-state index in [1.54, 1.807) is 19.2 Å². The van der Waals surface area contributed by atoms with Crippen LogP contribution >= 0.6 is 0 Å². The zero-order valence-corrected chi connectivity index (χ0v) is 22.5. The predicted molar refractivity (Wildman–Crippen MR) is 135 cm³/mol. The van der Waals surface area contributed by atoms with Gasteiger partial charge in [-0.2, -0.15) is 12.1 Å². The van der Waals surface area contributed by atoms with Crippen molar-refractivity contribution in [1.82, 2.24) is 0 Å². The van der Waals surface area contributed by atoms with Crippen LogP contribution in [0.1, 0.15) is 61.8 Å². The molecule has 0 unspecified atom stereocenters. The van der Waals surface area contributed by atoms with Gasteiger partial charge in [0.15, 0.2) is 0 Å². The zero-order chi connectivity index (χ0) is 20.8. The summed E-state index contributed by atoms with van der Waals surface area (Å²) in [4.78, 5) is 0. The molecule has 0 aliphatic rings. The summed E-state index contributed by atoms with van der Waals surface area (Å²) in [5.74, 6) is 1.23. The minimum atomic E-state index is 0. The Morgan fingerprint density at radius 1 is 0.667 bits per heavy atom. The van der Waals surface area contributed by atoms with Crippen molar-refractivity contribution in [1.29, 1.82) is 0 Å². The molecule has 4 rings (SSSR count). The van der Waals surface area contributed by atoms with Gasteiger partial charge in [-0.25, -0.2) is 0 Å². The maximum absolute atomic E-state index is 2.97. The molecule has 0 amide bonds. The van der Waals surface area contributed by atoms with Gasteiger partial charge in [-0.15, -0.1) is 69.1 Å². The maximum atomic E-state index is 2.97. The van der Waals surface area contributed by atoms with E-state index in [0.29, 0.717) is 11.8 Å². The number of hydrogen-bond acceptors (Lipinski definition) is 0. The fourth-order valence-electron chi connectivity index (χ4n) is 3.82. The molecule has 0 atom stereocenters. The third-order valence-corrected chi connectivity index (χ3v) is 5.10. The second kappa shape index (κ2) is 13.1. The molecule has 160 valence electrons. The van der Waals surface area contributed by atoms with Gasteiger partial charge in [-0.1, -0.05) is 64.8 Å². The molecular weight excluding hydrogens is 412 g/mol. The van der Waals surface area contributed by atoms with E-state index in [2.05, 4.69) is 110 Å². The normalized spacial score (nSPS) is 9.97. The van der Waals surface area contributed by atoms with Gasteiger partial charge in [0.25, 0.3) is 0 Å². The molecule has 0 aliphatic heterocycles. The Morgan fingerprint density at radius 3 is 1.30 bits per heavy atom. The van der Waals surface area contributed by atoms with Gasteiger partial charge in [0.2, 0.25) is 0 Å². The topological polar surface area (TPSA) is 0 Å². The monoisotopic (exact) mass is 448 g/mol. The molecule has 0 aliphatic carbocycles. The van der Waals surface area contributed by atoms with Crippen LogP contribution in [0.4, 0.5) is 0 Å². The minimum absolute atomic E-state index is 0. The van der Waals surface area contributed by atoms with E-state index in [0.717, 1.165) is 0 Å². The van der Waals surface area contributed by atoms with E-state index in [4.69, 9.17) is 0 Å². The standard InChI is InChI=1S/2C13H15.2CH3.Si.Ti/c2*1-9(2)12-6-4-5-11-7-10(3)8-13(11)12;;;;/h2*4-9H,1-3H3;2*1H3;;/q4*-1;;. The first-order valence-corrected chi connectivity index (χ1v) is 12.8. The third-order valence-electron chi connectivity index (χ3n) is 5.10. The van der Waals surface area contributed by atoms with E-state index >= 15 is 0 Å². The fraction of sp³-hybridized carbons (Fsp3) is 0.286. The van der Waals surface area contributed by atoms with Crippen molar-refractivity contribution in [3.05, 3.63) is 97.8 Å². The first-order chi connectivity index (χ1) is 13.4. The molecule has 0 N–H and O–H groups in total. The van der Waals surface area contributed by atoms with E-state index in [9.17, 15) is 0 Å². The zero-order valence-electron chi connectivity index (χ0n) is 19.9. The molecule has 2 heteroatoms. The van der Waals surface area contributed by atoms with E-state index < -0.39 is 0 Å². The molecule has 0 saturated carbocycles. The summed E-state index contributed by atoms with van der Waals surface area (Å²) in [6, 6.07) is 22.2. The molecule has 0 heterocycles. The molecule has 0 saturated heterocycles. The van der Waals surface area contributed by atoms with Gasteiger partial charge >= 0.3 is 26.8 Å². The first-order valence-electron chi connectivity index (χ1n) is 9.93. The van der Waals surface area contributed by atoms with Crippen LogP contribution < -0.4 is 0 Å². The SMILES string of the molecule is Cc1cc2c(C(C)C)cccc2[cH-]1.Cc1cc2c(C(C)C)cccc2[cH-]1.[CH3-].[CH3-].[Si]=[Ti]. The Balaban J connectivity index is 0.000000488. The van der Waals surface area contributed by atoms with Crippen LogP contribution in [-0.2, 0) is 19.2 Å². The number of aryl methyl sites for hydroxylation is 2. The Kier molecular flexibility index (Phi) is 12.5. The second-order valence-corrected chi connectivity index (χ2v) is 8.08. The Labute approximate surface area is 198 Å². The van der Waals surface area contributed by atoms with Crippen molar-refractivity contribution in [2.45, 2.75) is 53.4 Å². The van der Waals surface area contributed by atoms with Crippen LogP contribution in [0.5, 0.6) is 0 Å². The molecule has 2 radical (unpaired) electrons. The summed E-state index contributed by atoms with van der Waals surface area (Å²) in [6.45, 7) is 13.3. The quantitative estimate of drug-likeness (QED) is 0.213. The molecule has 4 aromatic carbocycles. The van der Waals surface area contributed by atoms with Crippen LogP contribution in [0.15, 0.2) is 60.7 Å². The van der Waals surface area contributed by atoms with Gasteiger partial charge in [0.05, 0.1) is 0 Å². The van der Waals surface area contributed by atoms with Crippen molar-refractivity contribution >= 4 is 29.2 Å². The average Bonchev–Trinajstić information content (AvgIpc) is 3.23. The molecular formula is C28H36SiTi-4. The summed E-state index contributed by atoms with van der Waals surface area (Å²) in [7, 11) is 2.97. The Hall–Kier alpha value is -1.41. The average molecular weight is 449 g/mol. The van der Waals surface area contributed by atoms with Gasteiger partial charge in [-0.05, 0) is 11.8 Å². The predicted octanol–water partition coefficient (Wildman–Crippen LogP) is 8.50. The molecule has 30 heavy (non-hydrogen) atoms. The number of benzene rings is 2. The fourth-order valence-corrected chi connectivity index (χ4v) is 3.82. The summed E-state index contributed by atoms with van der Waals surface area (Å²) >= 11 is 1.81. The summed E-state index contributed by atoms with van der Waals surface area (Å²) in [5.41, 5.74) is 5.66. The van der Waals surface area contributed by atoms with Crippen molar-refractivity contribution in [2.24, 2.45) is 0 Å². The summed E-state index contributed by atoms with van der Waals surface area (Å²) in [6.07, 6.45) is 0. The second-order valence-electron chi connectivity index (χ2n) is 8.08. The van der Waals surface area contributed by atoms with Crippen molar-refractivity contribution in [3.8, 4) is 0 Å².